The van der Waals surface area contributed by atoms with E-state index in [0.29, 0.717) is 11.8 Å². The van der Waals surface area contributed by atoms with E-state index in [1.54, 1.807) is 0 Å². The Kier molecular flexibility index (Phi) is 2.85. The van der Waals surface area contributed by atoms with Crippen molar-refractivity contribution in [2.24, 2.45) is 17.3 Å². The minimum absolute atomic E-state index is 0.160. The Balaban J connectivity index is 2.22. The molecule has 5 heteroatoms. The SMILES string of the molecule is CC1CCC2C(C)(C)C2(OP(O)(=S)S)C1. The molecule has 0 saturated heterocycles. The molecule has 0 aromatic heterocycles. The zero-order valence-electron chi connectivity index (χ0n) is 9.43. The lowest BCUT2D eigenvalue weighted by atomic mass is 9.88. The van der Waals surface area contributed by atoms with E-state index in [9.17, 15) is 4.89 Å². The van der Waals surface area contributed by atoms with Crippen LogP contribution in [-0.2, 0) is 16.3 Å². The van der Waals surface area contributed by atoms with Crippen molar-refractivity contribution in [2.75, 3.05) is 0 Å². The Bertz CT molecular complexity index is 325. The molecule has 0 aromatic carbocycles. The fourth-order valence-electron chi connectivity index (χ4n) is 3.42. The molecule has 2 rings (SSSR count). The third-order valence-corrected chi connectivity index (χ3v) is 5.36. The summed E-state index contributed by atoms with van der Waals surface area (Å²) in [5.74, 6) is 1.22. The average Bonchev–Trinajstić information content (AvgIpc) is 2.42. The van der Waals surface area contributed by atoms with Gasteiger partial charge < -0.3 is 9.42 Å². The average molecular weight is 266 g/mol. The highest BCUT2D eigenvalue weighted by Gasteiger charge is 2.74. The van der Waals surface area contributed by atoms with Gasteiger partial charge in [-0.3, -0.25) is 0 Å². The summed E-state index contributed by atoms with van der Waals surface area (Å²) in [6.07, 6.45) is 3.47. The van der Waals surface area contributed by atoms with E-state index in [4.69, 9.17) is 16.3 Å². The quantitative estimate of drug-likeness (QED) is 0.593. The van der Waals surface area contributed by atoms with Crippen molar-refractivity contribution in [2.45, 2.75) is 45.6 Å². The summed E-state index contributed by atoms with van der Waals surface area (Å²) in [5.41, 5.74) is -2.86. The molecule has 15 heavy (non-hydrogen) atoms. The summed E-state index contributed by atoms with van der Waals surface area (Å²) < 4.78 is 5.77. The van der Waals surface area contributed by atoms with Gasteiger partial charge in [-0.25, -0.2) is 0 Å². The van der Waals surface area contributed by atoms with Crippen molar-refractivity contribution < 1.29 is 9.42 Å². The van der Waals surface area contributed by atoms with E-state index in [-0.39, 0.29) is 11.0 Å². The van der Waals surface area contributed by atoms with Crippen LogP contribution in [0.1, 0.15) is 40.0 Å². The zero-order chi connectivity index (χ0) is 11.5. The lowest BCUT2D eigenvalue weighted by Gasteiger charge is -2.29. The van der Waals surface area contributed by atoms with E-state index >= 15 is 0 Å². The molecule has 2 nitrogen and oxygen atoms in total. The third kappa shape index (κ3) is 1.93. The number of hydrogen-bond acceptors (Lipinski definition) is 2. The van der Waals surface area contributed by atoms with Gasteiger partial charge in [-0.2, -0.15) is 0 Å². The lowest BCUT2D eigenvalue weighted by molar-refractivity contribution is 0.0904. The van der Waals surface area contributed by atoms with Gasteiger partial charge in [0, 0.05) is 5.41 Å². The molecule has 0 bridgehead atoms. The largest absolute Gasteiger partial charge is 0.338 e. The van der Waals surface area contributed by atoms with Crippen LogP contribution >= 0.6 is 17.9 Å². The molecule has 0 heterocycles. The van der Waals surface area contributed by atoms with Crippen molar-refractivity contribution in [1.29, 1.82) is 0 Å². The predicted molar refractivity (Wildman–Crippen MR) is 69.6 cm³/mol. The van der Waals surface area contributed by atoms with Crippen molar-refractivity contribution in [3.63, 3.8) is 0 Å². The van der Waals surface area contributed by atoms with Gasteiger partial charge in [0.1, 0.15) is 0 Å². The molecule has 1 N–H and O–H groups in total. The maximum absolute atomic E-state index is 9.65. The highest BCUT2D eigenvalue weighted by Crippen LogP contribution is 2.75. The van der Waals surface area contributed by atoms with Crippen LogP contribution in [0.2, 0.25) is 0 Å². The predicted octanol–water partition coefficient (Wildman–Crippen LogP) is 3.36. The zero-order valence-corrected chi connectivity index (χ0v) is 12.0. The second kappa shape index (κ2) is 3.46. The number of thiol groups is 1. The summed E-state index contributed by atoms with van der Waals surface area (Å²) >= 11 is 8.93. The van der Waals surface area contributed by atoms with Crippen molar-refractivity contribution in [3.05, 3.63) is 0 Å². The van der Waals surface area contributed by atoms with Gasteiger partial charge in [0.15, 0.2) is 0 Å². The topological polar surface area (TPSA) is 29.5 Å². The van der Waals surface area contributed by atoms with E-state index < -0.39 is 5.69 Å². The minimum atomic E-state index is -2.84. The first-order chi connectivity index (χ1) is 6.69. The van der Waals surface area contributed by atoms with E-state index in [1.165, 1.54) is 12.8 Å². The molecular weight excluding hydrogens is 247 g/mol. The van der Waals surface area contributed by atoms with Crippen LogP contribution in [0.25, 0.3) is 0 Å². The summed E-state index contributed by atoms with van der Waals surface area (Å²) in [7, 11) is 0. The summed E-state index contributed by atoms with van der Waals surface area (Å²) in [4.78, 5) is 9.65. The summed E-state index contributed by atoms with van der Waals surface area (Å²) in [5, 5.41) is 0. The minimum Gasteiger partial charge on any atom is -0.338 e. The van der Waals surface area contributed by atoms with Gasteiger partial charge in [-0.15, -0.1) is 0 Å². The number of hydrogen-bond donors (Lipinski definition) is 2. The second-order valence-corrected chi connectivity index (χ2v) is 10.7. The van der Waals surface area contributed by atoms with Crippen molar-refractivity contribution in [3.8, 4) is 0 Å². The smallest absolute Gasteiger partial charge is 0.242 e. The molecule has 88 valence electrons. The number of fused-ring (bicyclic) bond motifs is 1. The Hall–Kier alpha value is 0.920. The second-order valence-electron chi connectivity index (χ2n) is 5.63. The molecule has 2 aliphatic carbocycles. The number of rotatable bonds is 2. The van der Waals surface area contributed by atoms with Crippen LogP contribution < -0.4 is 0 Å². The molecule has 0 aromatic rings. The Morgan fingerprint density at radius 2 is 2.07 bits per heavy atom. The highest BCUT2D eigenvalue weighted by atomic mass is 32.9. The monoisotopic (exact) mass is 266 g/mol. The molecular formula is C10H19O2PS2. The molecule has 0 aliphatic heterocycles. The van der Waals surface area contributed by atoms with Crippen LogP contribution in [0, 0.1) is 17.3 Å². The fraction of sp³-hybridized carbons (Fsp3) is 1.00. The molecule has 4 unspecified atom stereocenters. The van der Waals surface area contributed by atoms with Gasteiger partial charge in [0.05, 0.1) is 5.60 Å². The first-order valence-corrected chi connectivity index (χ1v) is 9.28. The Morgan fingerprint density at radius 1 is 1.47 bits per heavy atom. The van der Waals surface area contributed by atoms with E-state index in [2.05, 4.69) is 33.0 Å². The van der Waals surface area contributed by atoms with Gasteiger partial charge in [-0.1, -0.05) is 39.4 Å². The molecule has 2 saturated carbocycles. The lowest BCUT2D eigenvalue weighted by Crippen LogP contribution is -2.25. The van der Waals surface area contributed by atoms with Gasteiger partial charge >= 0.3 is 0 Å². The summed E-state index contributed by atoms with van der Waals surface area (Å²) in [6, 6.07) is 0. The third-order valence-electron chi connectivity index (χ3n) is 4.32. The molecule has 0 spiro atoms. The molecule has 0 amide bonds. The van der Waals surface area contributed by atoms with Crippen LogP contribution in [0.4, 0.5) is 0 Å². The van der Waals surface area contributed by atoms with Gasteiger partial charge in [0.2, 0.25) is 5.69 Å². The first-order valence-electron chi connectivity index (χ1n) is 5.45. The molecule has 2 fully saturated rings. The highest BCUT2D eigenvalue weighted by molar-refractivity contribution is 8.59. The van der Waals surface area contributed by atoms with Gasteiger partial charge in [0.25, 0.3) is 0 Å². The molecule has 4 atom stereocenters. The Labute approximate surface area is 102 Å². The normalized spacial score (nSPS) is 46.7. The standard InChI is InChI=1S/C10H19O2PS2/c1-7-4-5-8-9(2,3)10(8,6-7)12-13(11,14)15/h7-8H,4-6H2,1-3H3,(H2,11,14,15). The maximum atomic E-state index is 9.65. The summed E-state index contributed by atoms with van der Waals surface area (Å²) in [6.45, 7) is 6.68. The van der Waals surface area contributed by atoms with Crippen LogP contribution in [-0.4, -0.2) is 10.5 Å². The fourth-order valence-corrected chi connectivity index (χ4v) is 5.12. The molecule has 0 radical (unpaired) electrons. The van der Waals surface area contributed by atoms with E-state index in [0.717, 1.165) is 6.42 Å². The van der Waals surface area contributed by atoms with E-state index in [1.807, 2.05) is 0 Å². The Morgan fingerprint density at radius 3 is 2.60 bits per heavy atom. The van der Waals surface area contributed by atoms with Crippen LogP contribution in [0.15, 0.2) is 0 Å². The van der Waals surface area contributed by atoms with Crippen molar-refractivity contribution in [1.82, 2.24) is 0 Å². The van der Waals surface area contributed by atoms with Gasteiger partial charge in [-0.05, 0) is 36.5 Å². The first kappa shape index (κ1) is 12.4. The van der Waals surface area contributed by atoms with Crippen molar-refractivity contribution >= 4 is 29.7 Å². The van der Waals surface area contributed by atoms with Crippen LogP contribution in [0.3, 0.4) is 0 Å². The molecule has 2 aliphatic rings. The maximum Gasteiger partial charge on any atom is 0.242 e. The van der Waals surface area contributed by atoms with Crippen LogP contribution in [0.5, 0.6) is 0 Å².